The van der Waals surface area contributed by atoms with Crippen molar-refractivity contribution in [1.82, 2.24) is 14.5 Å². The Morgan fingerprint density at radius 2 is 1.79 bits per heavy atom. The molecule has 0 bridgehead atoms. The molecule has 1 aromatic carbocycles. The van der Waals surface area contributed by atoms with E-state index in [0.717, 1.165) is 12.1 Å². The van der Waals surface area contributed by atoms with Crippen molar-refractivity contribution in [3.63, 3.8) is 0 Å². The monoisotopic (exact) mass is 369 g/mol. The Kier molecular flexibility index (Phi) is 4.43. The second kappa shape index (κ2) is 6.37. The molecule has 0 aliphatic heterocycles. The van der Waals surface area contributed by atoms with Gasteiger partial charge in [-0.05, 0) is 19.1 Å². The van der Waals surface area contributed by atoms with Crippen LogP contribution in [0.3, 0.4) is 0 Å². The summed E-state index contributed by atoms with van der Waals surface area (Å²) in [6.07, 6.45) is 1.47. The van der Waals surface area contributed by atoms with Crippen LogP contribution in [0.4, 0.5) is 8.78 Å². The molecule has 0 spiro atoms. The summed E-state index contributed by atoms with van der Waals surface area (Å²) in [6, 6.07) is 5.39. The van der Waals surface area contributed by atoms with Crippen LogP contribution in [0.1, 0.15) is 5.82 Å². The zero-order valence-electron chi connectivity index (χ0n) is 12.6. The van der Waals surface area contributed by atoms with E-state index in [1.54, 1.807) is 19.1 Å². The van der Waals surface area contributed by atoms with Gasteiger partial charge in [-0.3, -0.25) is 4.57 Å². The predicted octanol–water partition coefficient (Wildman–Crippen LogP) is 4.84. The Bertz CT molecular complexity index is 887. The lowest BCUT2D eigenvalue weighted by Crippen LogP contribution is -2.03. The summed E-state index contributed by atoms with van der Waals surface area (Å²) in [5.74, 6) is -1.09. The third-order valence-electron chi connectivity index (χ3n) is 3.46. The summed E-state index contributed by atoms with van der Waals surface area (Å²) < 4.78 is 35.3. The van der Waals surface area contributed by atoms with E-state index in [4.69, 9.17) is 27.9 Å². The number of aryl methyl sites for hydroxylation is 1. The number of imidazole rings is 1. The van der Waals surface area contributed by atoms with Crippen LogP contribution < -0.4 is 4.74 Å². The fraction of sp³-hybridized carbons (Fsp3) is 0.125. The zero-order chi connectivity index (χ0) is 17.4. The first-order chi connectivity index (χ1) is 11.4. The molecule has 3 aromatic rings. The number of nitrogens with zero attached hydrogens (tertiary/aromatic N) is 3. The van der Waals surface area contributed by atoms with E-state index in [9.17, 15) is 8.78 Å². The van der Waals surface area contributed by atoms with Gasteiger partial charge in [0, 0.05) is 12.1 Å². The van der Waals surface area contributed by atoms with Crippen LogP contribution in [0.2, 0.25) is 10.3 Å². The Balaban J connectivity index is 2.28. The summed E-state index contributed by atoms with van der Waals surface area (Å²) in [4.78, 5) is 8.09. The second-order valence-electron chi connectivity index (χ2n) is 4.94. The van der Waals surface area contributed by atoms with Gasteiger partial charge in [0.1, 0.15) is 28.4 Å². The summed E-state index contributed by atoms with van der Waals surface area (Å²) in [5.41, 5.74) is 0.327. The minimum Gasteiger partial charge on any atom is -0.497 e. The Morgan fingerprint density at radius 3 is 2.33 bits per heavy atom. The van der Waals surface area contributed by atoms with Gasteiger partial charge in [0.05, 0.1) is 30.3 Å². The first-order valence-electron chi connectivity index (χ1n) is 6.82. The van der Waals surface area contributed by atoms with Crippen LogP contribution in [0.15, 0.2) is 30.5 Å². The number of benzene rings is 1. The van der Waals surface area contributed by atoms with Gasteiger partial charge in [-0.2, -0.15) is 0 Å². The SMILES string of the molecule is COc1cc(F)c(-c2c(Cl)nc(C)n2-c2ccc(Cl)nc2)c(F)c1. The van der Waals surface area contributed by atoms with Crippen molar-refractivity contribution in [1.29, 1.82) is 0 Å². The number of ether oxygens (including phenoxy) is 1. The number of halogens is 4. The van der Waals surface area contributed by atoms with E-state index in [1.807, 2.05) is 0 Å². The van der Waals surface area contributed by atoms with Gasteiger partial charge in [0.2, 0.25) is 0 Å². The van der Waals surface area contributed by atoms with Gasteiger partial charge >= 0.3 is 0 Å². The first-order valence-corrected chi connectivity index (χ1v) is 7.58. The third-order valence-corrected chi connectivity index (χ3v) is 3.95. The number of methoxy groups -OCH3 is 1. The standard InChI is InChI=1S/C16H11Cl2F2N3O/c1-8-22-16(18)15(23(8)9-3-4-13(17)21-7-9)14-11(19)5-10(24-2)6-12(14)20/h3-7H,1-2H3. The van der Waals surface area contributed by atoms with Crippen LogP contribution in [0, 0.1) is 18.6 Å². The normalized spacial score (nSPS) is 10.9. The molecule has 4 nitrogen and oxygen atoms in total. The molecule has 8 heteroatoms. The topological polar surface area (TPSA) is 39.9 Å². The van der Waals surface area contributed by atoms with Crippen LogP contribution in [-0.4, -0.2) is 21.6 Å². The summed E-state index contributed by atoms with van der Waals surface area (Å²) in [6.45, 7) is 1.67. The third kappa shape index (κ3) is 2.83. The van der Waals surface area contributed by atoms with Gasteiger partial charge < -0.3 is 4.74 Å². The van der Waals surface area contributed by atoms with Crippen LogP contribution in [-0.2, 0) is 0 Å². The van der Waals surface area contributed by atoms with E-state index in [1.165, 1.54) is 17.9 Å². The quantitative estimate of drug-likeness (QED) is 0.620. The number of hydrogen-bond donors (Lipinski definition) is 0. The van der Waals surface area contributed by atoms with E-state index >= 15 is 0 Å². The summed E-state index contributed by atoms with van der Waals surface area (Å²) >= 11 is 11.9. The first kappa shape index (κ1) is 16.7. The summed E-state index contributed by atoms with van der Waals surface area (Å²) in [7, 11) is 1.33. The number of rotatable bonds is 3. The highest BCUT2D eigenvalue weighted by Crippen LogP contribution is 2.36. The molecule has 124 valence electrons. The van der Waals surface area contributed by atoms with Crippen molar-refractivity contribution in [2.24, 2.45) is 0 Å². The van der Waals surface area contributed by atoms with Crippen LogP contribution >= 0.6 is 23.2 Å². The molecule has 2 aromatic heterocycles. The maximum atomic E-state index is 14.5. The molecule has 24 heavy (non-hydrogen) atoms. The van der Waals surface area contributed by atoms with E-state index in [0.29, 0.717) is 16.7 Å². The molecule has 0 aliphatic carbocycles. The van der Waals surface area contributed by atoms with Crippen LogP contribution in [0.5, 0.6) is 5.75 Å². The van der Waals surface area contributed by atoms with Crippen molar-refractivity contribution in [2.75, 3.05) is 7.11 Å². The van der Waals surface area contributed by atoms with Gasteiger partial charge in [0.25, 0.3) is 0 Å². The maximum Gasteiger partial charge on any atom is 0.155 e. The molecule has 0 unspecified atom stereocenters. The molecule has 3 rings (SSSR count). The van der Waals surface area contributed by atoms with Gasteiger partial charge in [-0.15, -0.1) is 0 Å². The molecule has 0 radical (unpaired) electrons. The fourth-order valence-electron chi connectivity index (χ4n) is 2.42. The van der Waals surface area contributed by atoms with Crippen molar-refractivity contribution >= 4 is 23.2 Å². The van der Waals surface area contributed by atoms with Gasteiger partial charge in [0.15, 0.2) is 5.15 Å². The Hall–Kier alpha value is -2.18. The zero-order valence-corrected chi connectivity index (χ0v) is 14.2. The number of hydrogen-bond acceptors (Lipinski definition) is 3. The molecular formula is C16H11Cl2F2N3O. The average Bonchev–Trinajstić information content (AvgIpc) is 2.82. The van der Waals surface area contributed by atoms with Gasteiger partial charge in [-0.25, -0.2) is 18.7 Å². The van der Waals surface area contributed by atoms with Gasteiger partial charge in [-0.1, -0.05) is 23.2 Å². The maximum absolute atomic E-state index is 14.5. The lowest BCUT2D eigenvalue weighted by atomic mass is 10.1. The van der Waals surface area contributed by atoms with E-state index in [2.05, 4.69) is 9.97 Å². The molecule has 0 aliphatic rings. The highest BCUT2D eigenvalue weighted by atomic mass is 35.5. The van der Waals surface area contributed by atoms with Crippen molar-refractivity contribution in [3.8, 4) is 22.7 Å². The molecular weight excluding hydrogens is 359 g/mol. The second-order valence-corrected chi connectivity index (χ2v) is 5.68. The summed E-state index contributed by atoms with van der Waals surface area (Å²) in [5, 5.41) is 0.274. The van der Waals surface area contributed by atoms with E-state index in [-0.39, 0.29) is 22.2 Å². The van der Waals surface area contributed by atoms with Crippen molar-refractivity contribution < 1.29 is 13.5 Å². The minimum absolute atomic E-state index is 0.0228. The largest absolute Gasteiger partial charge is 0.497 e. The molecule has 0 saturated heterocycles. The molecule has 0 fully saturated rings. The van der Waals surface area contributed by atoms with E-state index < -0.39 is 11.6 Å². The molecule has 0 atom stereocenters. The molecule has 2 heterocycles. The van der Waals surface area contributed by atoms with Crippen LogP contribution in [0.25, 0.3) is 16.9 Å². The highest BCUT2D eigenvalue weighted by molar-refractivity contribution is 6.32. The Labute approximate surface area is 146 Å². The molecule has 0 saturated carbocycles. The molecule has 0 amide bonds. The van der Waals surface area contributed by atoms with Crippen molar-refractivity contribution in [2.45, 2.75) is 6.92 Å². The minimum atomic E-state index is -0.808. The predicted molar refractivity (Wildman–Crippen MR) is 88.0 cm³/mol. The fourth-order valence-corrected chi connectivity index (χ4v) is 2.84. The average molecular weight is 370 g/mol. The lowest BCUT2D eigenvalue weighted by molar-refractivity contribution is 0.407. The smallest absolute Gasteiger partial charge is 0.155 e. The number of pyridine rings is 1. The van der Waals surface area contributed by atoms with Crippen molar-refractivity contribution in [3.05, 3.63) is 58.2 Å². The molecule has 0 N–H and O–H groups in total. The Morgan fingerprint density at radius 1 is 1.12 bits per heavy atom. The number of aromatic nitrogens is 3. The lowest BCUT2D eigenvalue weighted by Gasteiger charge is -2.13. The highest BCUT2D eigenvalue weighted by Gasteiger charge is 2.24.